The number of methoxy groups -OCH3 is 1. The number of ether oxygens (including phenoxy) is 2. The summed E-state index contributed by atoms with van der Waals surface area (Å²) in [7, 11) is 1.64. The molecule has 1 aromatic carbocycles. The van der Waals surface area contributed by atoms with Crippen LogP contribution in [0.2, 0.25) is 0 Å². The van der Waals surface area contributed by atoms with Crippen molar-refractivity contribution in [2.75, 3.05) is 38.3 Å². The molecule has 0 radical (unpaired) electrons. The van der Waals surface area contributed by atoms with Crippen molar-refractivity contribution in [1.82, 2.24) is 15.8 Å². The van der Waals surface area contributed by atoms with Crippen molar-refractivity contribution in [1.29, 1.82) is 0 Å². The van der Waals surface area contributed by atoms with Crippen LogP contribution in [-0.2, 0) is 14.3 Å². The van der Waals surface area contributed by atoms with Gasteiger partial charge in [0.05, 0.1) is 13.7 Å². The minimum atomic E-state index is -0.435. The molecule has 30 heavy (non-hydrogen) atoms. The predicted octanol–water partition coefficient (Wildman–Crippen LogP) is 0.921. The Labute approximate surface area is 176 Å². The van der Waals surface area contributed by atoms with E-state index in [2.05, 4.69) is 15.8 Å². The molecule has 0 aromatic heterocycles. The number of nitrogens with one attached hydrogen (secondary N) is 2. The van der Waals surface area contributed by atoms with E-state index < -0.39 is 5.54 Å². The lowest BCUT2D eigenvalue weighted by molar-refractivity contribution is -0.147. The fourth-order valence-corrected chi connectivity index (χ4v) is 6.29. The first-order valence-corrected chi connectivity index (χ1v) is 11.0. The van der Waals surface area contributed by atoms with Crippen molar-refractivity contribution < 1.29 is 19.1 Å². The molecule has 2 N–H and O–H groups in total. The Hall–Kier alpha value is -2.16. The van der Waals surface area contributed by atoms with Gasteiger partial charge in [-0.05, 0) is 44.9 Å². The molecule has 162 valence electrons. The maximum absolute atomic E-state index is 13.8. The van der Waals surface area contributed by atoms with E-state index in [4.69, 9.17) is 9.47 Å². The summed E-state index contributed by atoms with van der Waals surface area (Å²) in [5.74, 6) is 1.13. The number of amides is 1. The molecule has 2 unspecified atom stereocenters. The van der Waals surface area contributed by atoms with Gasteiger partial charge in [-0.3, -0.25) is 19.9 Å². The van der Waals surface area contributed by atoms with Gasteiger partial charge in [-0.1, -0.05) is 6.07 Å². The summed E-state index contributed by atoms with van der Waals surface area (Å²) in [5.41, 5.74) is 6.73. The van der Waals surface area contributed by atoms with Crippen molar-refractivity contribution in [3.8, 4) is 5.75 Å². The number of hydrazine groups is 1. The molecule has 4 aliphatic rings. The van der Waals surface area contributed by atoms with Gasteiger partial charge in [0.1, 0.15) is 17.3 Å². The Morgan fingerprint density at radius 3 is 3.03 bits per heavy atom. The molecule has 5 rings (SSSR count). The predicted molar refractivity (Wildman–Crippen MR) is 111 cm³/mol. The molecule has 4 heterocycles. The molecule has 1 amide bonds. The number of rotatable bonds is 5. The van der Waals surface area contributed by atoms with E-state index in [1.165, 1.54) is 0 Å². The van der Waals surface area contributed by atoms with E-state index in [1.54, 1.807) is 7.11 Å². The zero-order chi connectivity index (χ0) is 20.9. The molecule has 0 aliphatic carbocycles. The first-order chi connectivity index (χ1) is 14.6. The third-order valence-corrected chi connectivity index (χ3v) is 7.51. The minimum Gasteiger partial charge on any atom is -0.497 e. The third kappa shape index (κ3) is 2.77. The molecule has 4 saturated heterocycles. The van der Waals surface area contributed by atoms with E-state index in [0.29, 0.717) is 13.2 Å². The SMILES string of the molecule is CCOC(=O)C1NNCC1[C@@H]1C[C@H]2CN(c3cccc(OC)c3)C(=O)[C@]23CCCN13. The Kier molecular flexibility index (Phi) is 4.95. The van der Waals surface area contributed by atoms with Crippen LogP contribution in [0.4, 0.5) is 5.69 Å². The van der Waals surface area contributed by atoms with Gasteiger partial charge in [-0.15, -0.1) is 0 Å². The lowest BCUT2D eigenvalue weighted by Gasteiger charge is -2.36. The van der Waals surface area contributed by atoms with Crippen LogP contribution in [0.5, 0.6) is 5.75 Å². The lowest BCUT2D eigenvalue weighted by Crippen LogP contribution is -2.55. The second kappa shape index (κ2) is 7.51. The van der Waals surface area contributed by atoms with Gasteiger partial charge < -0.3 is 14.4 Å². The first-order valence-electron chi connectivity index (χ1n) is 11.0. The second-order valence-electron chi connectivity index (χ2n) is 8.76. The summed E-state index contributed by atoms with van der Waals surface area (Å²) in [5, 5.41) is 0. The van der Waals surface area contributed by atoms with Crippen LogP contribution in [-0.4, -0.2) is 67.7 Å². The summed E-state index contributed by atoms with van der Waals surface area (Å²) < 4.78 is 10.7. The van der Waals surface area contributed by atoms with Crippen molar-refractivity contribution in [2.45, 2.75) is 43.8 Å². The third-order valence-electron chi connectivity index (χ3n) is 7.51. The highest BCUT2D eigenvalue weighted by atomic mass is 16.5. The quantitative estimate of drug-likeness (QED) is 0.694. The number of benzene rings is 1. The van der Waals surface area contributed by atoms with Crippen LogP contribution in [0.3, 0.4) is 0 Å². The summed E-state index contributed by atoms with van der Waals surface area (Å²) in [6, 6.07) is 7.59. The van der Waals surface area contributed by atoms with Crippen molar-refractivity contribution >= 4 is 17.6 Å². The maximum Gasteiger partial charge on any atom is 0.324 e. The van der Waals surface area contributed by atoms with Gasteiger partial charge in [0, 0.05) is 42.7 Å². The number of nitrogens with zero attached hydrogens (tertiary/aromatic N) is 2. The van der Waals surface area contributed by atoms with E-state index >= 15 is 0 Å². The highest BCUT2D eigenvalue weighted by Crippen LogP contribution is 2.54. The fourth-order valence-electron chi connectivity index (χ4n) is 6.29. The smallest absolute Gasteiger partial charge is 0.324 e. The molecule has 0 bridgehead atoms. The summed E-state index contributed by atoms with van der Waals surface area (Å²) in [4.78, 5) is 30.6. The van der Waals surface area contributed by atoms with Crippen LogP contribution < -0.4 is 20.5 Å². The zero-order valence-corrected chi connectivity index (χ0v) is 17.6. The molecule has 1 aromatic rings. The maximum atomic E-state index is 13.8. The number of carbonyl (C=O) groups is 2. The number of esters is 1. The Balaban J connectivity index is 1.41. The molecule has 4 fully saturated rings. The first kappa shape index (κ1) is 19.8. The summed E-state index contributed by atoms with van der Waals surface area (Å²) in [6.07, 6.45) is 2.84. The number of carbonyl (C=O) groups excluding carboxylic acids is 2. The van der Waals surface area contributed by atoms with E-state index in [0.717, 1.165) is 43.8 Å². The molecule has 4 aliphatic heterocycles. The zero-order valence-electron chi connectivity index (χ0n) is 17.6. The van der Waals surface area contributed by atoms with Gasteiger partial charge >= 0.3 is 5.97 Å². The van der Waals surface area contributed by atoms with Crippen LogP contribution in [0, 0.1) is 11.8 Å². The molecular weight excluding hydrogens is 384 g/mol. The van der Waals surface area contributed by atoms with Crippen LogP contribution >= 0.6 is 0 Å². The highest BCUT2D eigenvalue weighted by Gasteiger charge is 2.66. The molecule has 8 heteroatoms. The van der Waals surface area contributed by atoms with Crippen LogP contribution in [0.15, 0.2) is 24.3 Å². The Bertz CT molecular complexity index is 848. The van der Waals surface area contributed by atoms with E-state index in [9.17, 15) is 9.59 Å². The molecule has 1 spiro atoms. The highest BCUT2D eigenvalue weighted by molar-refractivity contribution is 6.04. The number of anilines is 1. The standard InChI is InChI=1S/C22H30N4O4/c1-3-30-20(27)19-17(12-23-24-19)18-10-14-13-25(15-6-4-7-16(11-15)29-2)21(28)22(14)8-5-9-26(18)22/h4,6-7,11,14,17-19,23-24H,3,5,8-10,12-13H2,1-2H3/t14-,17?,18-,19?,22-/m0/s1. The Morgan fingerprint density at radius 1 is 1.37 bits per heavy atom. The van der Waals surface area contributed by atoms with Crippen molar-refractivity contribution in [3.05, 3.63) is 24.3 Å². The topological polar surface area (TPSA) is 83.1 Å². The molecular formula is C22H30N4O4. The van der Waals surface area contributed by atoms with Gasteiger partial charge in [-0.2, -0.15) is 0 Å². The largest absolute Gasteiger partial charge is 0.497 e. The molecule has 5 atom stereocenters. The number of hydrogen-bond acceptors (Lipinski definition) is 7. The van der Waals surface area contributed by atoms with Gasteiger partial charge in [0.15, 0.2) is 0 Å². The van der Waals surface area contributed by atoms with Crippen molar-refractivity contribution in [3.63, 3.8) is 0 Å². The van der Waals surface area contributed by atoms with E-state index in [-0.39, 0.29) is 35.8 Å². The monoisotopic (exact) mass is 414 g/mol. The normalized spacial score (nSPS) is 35.5. The summed E-state index contributed by atoms with van der Waals surface area (Å²) in [6.45, 7) is 4.54. The minimum absolute atomic E-state index is 0.0997. The average Bonchev–Trinajstić information content (AvgIpc) is 3.50. The van der Waals surface area contributed by atoms with Gasteiger partial charge in [0.2, 0.25) is 5.91 Å². The van der Waals surface area contributed by atoms with Gasteiger partial charge in [-0.25, -0.2) is 5.43 Å². The summed E-state index contributed by atoms with van der Waals surface area (Å²) >= 11 is 0. The van der Waals surface area contributed by atoms with Crippen molar-refractivity contribution in [2.24, 2.45) is 11.8 Å². The fraction of sp³-hybridized carbons (Fsp3) is 0.636. The van der Waals surface area contributed by atoms with Gasteiger partial charge in [0.25, 0.3) is 0 Å². The van der Waals surface area contributed by atoms with E-state index in [1.807, 2.05) is 36.1 Å². The lowest BCUT2D eigenvalue weighted by atomic mass is 9.84. The molecule has 0 saturated carbocycles. The van der Waals surface area contributed by atoms with Crippen LogP contribution in [0.25, 0.3) is 0 Å². The Morgan fingerprint density at radius 2 is 2.23 bits per heavy atom. The molecule has 8 nitrogen and oxygen atoms in total. The average molecular weight is 415 g/mol. The van der Waals surface area contributed by atoms with Crippen LogP contribution in [0.1, 0.15) is 26.2 Å². The second-order valence-corrected chi connectivity index (χ2v) is 8.76. The number of hydrogen-bond donors (Lipinski definition) is 2.